The summed E-state index contributed by atoms with van der Waals surface area (Å²) in [5.41, 5.74) is 6.00. The van der Waals surface area contributed by atoms with Crippen LogP contribution >= 0.6 is 0 Å². The molecule has 3 nitrogen and oxygen atoms in total. The zero-order valence-electron chi connectivity index (χ0n) is 18.1. The average molecular weight is 430 g/mol. The number of anilines is 1. The summed E-state index contributed by atoms with van der Waals surface area (Å²) in [5.74, 6) is 0.685. The van der Waals surface area contributed by atoms with Gasteiger partial charge in [0.1, 0.15) is 17.9 Å². The number of rotatable bonds is 4. The molecule has 1 aliphatic carbocycles. The van der Waals surface area contributed by atoms with Crippen molar-refractivity contribution in [2.45, 2.75) is 37.5 Å². The molecule has 2 atom stereocenters. The van der Waals surface area contributed by atoms with E-state index in [0.717, 1.165) is 50.6 Å². The first kappa shape index (κ1) is 20.7. The van der Waals surface area contributed by atoms with Crippen LogP contribution in [0.4, 0.5) is 10.1 Å². The van der Waals surface area contributed by atoms with Crippen LogP contribution < -0.4 is 4.90 Å². The van der Waals surface area contributed by atoms with E-state index in [0.29, 0.717) is 5.75 Å². The predicted octanol–water partition coefficient (Wildman–Crippen LogP) is 5.81. The number of aldehydes is 1. The lowest BCUT2D eigenvalue weighted by molar-refractivity contribution is -0.111. The van der Waals surface area contributed by atoms with Gasteiger partial charge < -0.3 is 14.8 Å². The minimum Gasteiger partial charge on any atom is -0.508 e. The van der Waals surface area contributed by atoms with Crippen LogP contribution in [0.15, 0.2) is 66.7 Å². The Morgan fingerprint density at radius 2 is 1.56 bits per heavy atom. The van der Waals surface area contributed by atoms with E-state index in [2.05, 4.69) is 29.2 Å². The van der Waals surface area contributed by atoms with E-state index in [1.807, 2.05) is 24.3 Å². The van der Waals surface area contributed by atoms with E-state index in [-0.39, 0.29) is 23.6 Å². The lowest BCUT2D eigenvalue weighted by Gasteiger charge is -2.35. The summed E-state index contributed by atoms with van der Waals surface area (Å²) in [5, 5.41) is 10.0. The fourth-order valence-electron chi connectivity index (χ4n) is 5.47. The summed E-state index contributed by atoms with van der Waals surface area (Å²) < 4.78 is 13.6. The molecule has 164 valence electrons. The van der Waals surface area contributed by atoms with Gasteiger partial charge in [-0.1, -0.05) is 30.3 Å². The molecule has 0 amide bonds. The molecule has 0 spiro atoms. The number of aryl methyl sites for hydroxylation is 1. The molecule has 2 aliphatic rings. The Balaban J connectivity index is 1.48. The van der Waals surface area contributed by atoms with Crippen molar-refractivity contribution in [2.75, 3.05) is 18.0 Å². The number of benzene rings is 3. The van der Waals surface area contributed by atoms with Crippen molar-refractivity contribution in [3.05, 3.63) is 94.8 Å². The Hall–Kier alpha value is -3.14. The molecule has 5 rings (SSSR count). The number of phenolic OH excluding ortho intramolecular Hbond substituents is 1. The zero-order valence-corrected chi connectivity index (χ0v) is 18.1. The van der Waals surface area contributed by atoms with Crippen LogP contribution in [0, 0.1) is 11.7 Å². The number of hydrogen-bond acceptors (Lipinski definition) is 3. The Morgan fingerprint density at radius 3 is 2.25 bits per heavy atom. The van der Waals surface area contributed by atoms with Crippen molar-refractivity contribution >= 4 is 12.0 Å². The van der Waals surface area contributed by atoms with Gasteiger partial charge in [0.2, 0.25) is 0 Å². The number of halogens is 1. The van der Waals surface area contributed by atoms with Crippen molar-refractivity contribution < 1.29 is 14.3 Å². The fraction of sp³-hybridized carbons (Fsp3) is 0.321. The number of carbonyl (C=O) groups excluding carboxylic acids is 1. The van der Waals surface area contributed by atoms with Gasteiger partial charge >= 0.3 is 0 Å². The molecule has 0 bridgehead atoms. The molecule has 0 saturated carbocycles. The van der Waals surface area contributed by atoms with Crippen molar-refractivity contribution in [2.24, 2.45) is 5.92 Å². The third kappa shape index (κ3) is 4.02. The first-order chi connectivity index (χ1) is 15.6. The maximum atomic E-state index is 13.6. The summed E-state index contributed by atoms with van der Waals surface area (Å²) in [7, 11) is 0. The van der Waals surface area contributed by atoms with Crippen molar-refractivity contribution in [1.29, 1.82) is 0 Å². The molecule has 0 radical (unpaired) electrons. The van der Waals surface area contributed by atoms with Crippen molar-refractivity contribution in [3.8, 4) is 5.75 Å². The van der Waals surface area contributed by atoms with E-state index < -0.39 is 0 Å². The highest BCUT2D eigenvalue weighted by Gasteiger charge is 2.32. The maximum Gasteiger partial charge on any atom is 0.123 e. The Kier molecular flexibility index (Phi) is 5.69. The molecule has 0 aromatic heterocycles. The van der Waals surface area contributed by atoms with E-state index in [9.17, 15) is 14.3 Å². The second kappa shape index (κ2) is 8.78. The third-order valence-electron chi connectivity index (χ3n) is 7.24. The number of hydrogen-bond donors (Lipinski definition) is 1. The van der Waals surface area contributed by atoms with E-state index in [1.54, 1.807) is 18.2 Å². The number of fused-ring (bicyclic) bond motifs is 1. The Morgan fingerprint density at radius 1 is 0.875 bits per heavy atom. The molecule has 3 aromatic carbocycles. The normalized spacial score (nSPS) is 21.2. The minimum atomic E-state index is -0.214. The topological polar surface area (TPSA) is 40.5 Å². The van der Waals surface area contributed by atoms with Gasteiger partial charge in [-0.05, 0) is 90.3 Å². The molecular weight excluding hydrogens is 401 g/mol. The molecular formula is C28H28FNO2. The highest BCUT2D eigenvalue weighted by Crippen LogP contribution is 2.47. The number of phenols is 1. The van der Waals surface area contributed by atoms with E-state index in [1.165, 1.54) is 22.4 Å². The van der Waals surface area contributed by atoms with Gasteiger partial charge in [0, 0.05) is 30.6 Å². The lowest BCUT2D eigenvalue weighted by Crippen LogP contribution is -2.34. The van der Waals surface area contributed by atoms with Gasteiger partial charge in [-0.3, -0.25) is 0 Å². The molecule has 1 aliphatic heterocycles. The smallest absolute Gasteiger partial charge is 0.123 e. The largest absolute Gasteiger partial charge is 0.508 e. The summed E-state index contributed by atoms with van der Waals surface area (Å²) in [6.45, 7) is 1.82. The van der Waals surface area contributed by atoms with Crippen molar-refractivity contribution in [1.82, 2.24) is 0 Å². The molecule has 0 unspecified atom stereocenters. The van der Waals surface area contributed by atoms with Gasteiger partial charge in [0.25, 0.3) is 0 Å². The summed E-state index contributed by atoms with van der Waals surface area (Å²) in [4.78, 5) is 13.4. The van der Waals surface area contributed by atoms with Gasteiger partial charge in [0.15, 0.2) is 0 Å². The number of nitrogens with zero attached hydrogens (tertiary/aromatic N) is 1. The summed E-state index contributed by atoms with van der Waals surface area (Å²) in [6, 6.07) is 21.4. The molecule has 1 N–H and O–H groups in total. The second-order valence-corrected chi connectivity index (χ2v) is 9.11. The highest BCUT2D eigenvalue weighted by molar-refractivity contribution is 5.56. The average Bonchev–Trinajstić information content (AvgIpc) is 2.84. The Labute approximate surface area is 188 Å². The number of aromatic hydroxyl groups is 1. The van der Waals surface area contributed by atoms with Crippen LogP contribution in [0.1, 0.15) is 53.4 Å². The van der Waals surface area contributed by atoms with Crippen LogP contribution in [-0.4, -0.2) is 24.5 Å². The zero-order chi connectivity index (χ0) is 22.1. The van der Waals surface area contributed by atoms with Gasteiger partial charge in [0.05, 0.1) is 0 Å². The van der Waals surface area contributed by atoms with Crippen LogP contribution in [-0.2, 0) is 11.2 Å². The van der Waals surface area contributed by atoms with Gasteiger partial charge in [-0.15, -0.1) is 0 Å². The highest BCUT2D eigenvalue weighted by atomic mass is 19.1. The summed E-state index contributed by atoms with van der Waals surface area (Å²) in [6.07, 6.45) is 4.77. The van der Waals surface area contributed by atoms with Crippen LogP contribution in [0.5, 0.6) is 5.75 Å². The molecule has 1 fully saturated rings. The summed E-state index contributed by atoms with van der Waals surface area (Å²) >= 11 is 0. The Bertz CT molecular complexity index is 1090. The molecule has 32 heavy (non-hydrogen) atoms. The van der Waals surface area contributed by atoms with E-state index in [4.69, 9.17) is 0 Å². The van der Waals surface area contributed by atoms with Crippen LogP contribution in [0.3, 0.4) is 0 Å². The maximum absolute atomic E-state index is 13.6. The minimum absolute atomic E-state index is 0.152. The standard InChI is InChI=1S/C28H28FNO2/c29-23-6-1-20(2-7-23)26-11-5-22-17-25(32)10-12-27(22)28(26)21-3-8-24(9-4-21)30-15-13-19(18-31)14-16-30/h1-4,6-10,12,17-19,26,28,32H,5,11,13-16H2/t26-,28+/m1/s1. The SMILES string of the molecule is O=CC1CCN(c2ccc([C@@H]3c4ccc(O)cc4CC[C@@H]3c3ccc(F)cc3)cc2)CC1. The van der Waals surface area contributed by atoms with Crippen molar-refractivity contribution in [3.63, 3.8) is 0 Å². The van der Waals surface area contributed by atoms with Crippen LogP contribution in [0.2, 0.25) is 0 Å². The van der Waals surface area contributed by atoms with Gasteiger partial charge in [-0.2, -0.15) is 0 Å². The number of piperidine rings is 1. The molecule has 1 heterocycles. The first-order valence-corrected chi connectivity index (χ1v) is 11.5. The second-order valence-electron chi connectivity index (χ2n) is 9.11. The fourth-order valence-corrected chi connectivity index (χ4v) is 5.47. The monoisotopic (exact) mass is 429 g/mol. The van der Waals surface area contributed by atoms with Crippen LogP contribution in [0.25, 0.3) is 0 Å². The third-order valence-corrected chi connectivity index (χ3v) is 7.24. The predicted molar refractivity (Wildman–Crippen MR) is 125 cm³/mol. The first-order valence-electron chi connectivity index (χ1n) is 11.5. The molecule has 4 heteroatoms. The molecule has 3 aromatic rings. The molecule has 1 saturated heterocycles. The van der Waals surface area contributed by atoms with E-state index >= 15 is 0 Å². The lowest BCUT2D eigenvalue weighted by atomic mass is 9.69. The quantitative estimate of drug-likeness (QED) is 0.532. The number of carbonyl (C=O) groups is 1. The van der Waals surface area contributed by atoms with Gasteiger partial charge in [-0.25, -0.2) is 4.39 Å².